The third kappa shape index (κ3) is 6.43. The lowest BCUT2D eigenvalue weighted by molar-refractivity contribution is 0.141. The van der Waals surface area contributed by atoms with Crippen LogP contribution in [0.2, 0.25) is 0 Å². The molecule has 1 atom stereocenters. The first-order valence-corrected chi connectivity index (χ1v) is 15.4. The van der Waals surface area contributed by atoms with Crippen molar-refractivity contribution < 1.29 is 13.2 Å². The largest absolute Gasteiger partial charge is 0.494 e. The molecule has 0 amide bonds. The monoisotopic (exact) mass is 559 g/mol. The number of nitrogens with one attached hydrogen (secondary N) is 1. The molecule has 1 aromatic heterocycles. The number of aromatic nitrogens is 2. The fourth-order valence-electron chi connectivity index (χ4n) is 4.88. The minimum atomic E-state index is -3.58. The summed E-state index contributed by atoms with van der Waals surface area (Å²) in [6.07, 6.45) is 2.02. The van der Waals surface area contributed by atoms with E-state index in [1.807, 2.05) is 42.5 Å². The van der Waals surface area contributed by atoms with Gasteiger partial charge in [-0.25, -0.2) is 18.4 Å². The highest BCUT2D eigenvalue weighted by molar-refractivity contribution is 7.89. The quantitative estimate of drug-likeness (QED) is 0.243. The first kappa shape index (κ1) is 28.0. The summed E-state index contributed by atoms with van der Waals surface area (Å²) < 4.78 is 33.9. The molecule has 0 aliphatic carbocycles. The summed E-state index contributed by atoms with van der Waals surface area (Å²) in [6, 6.07) is 24.9. The molecule has 1 aliphatic heterocycles. The molecule has 8 nitrogen and oxygen atoms in total. The van der Waals surface area contributed by atoms with Gasteiger partial charge >= 0.3 is 0 Å². The Morgan fingerprint density at radius 2 is 1.60 bits per heavy atom. The second kappa shape index (κ2) is 12.8. The van der Waals surface area contributed by atoms with E-state index in [0.29, 0.717) is 50.0 Å². The molecule has 2 heterocycles. The Kier molecular flexibility index (Phi) is 8.94. The minimum Gasteiger partial charge on any atom is -0.494 e. The van der Waals surface area contributed by atoms with Crippen LogP contribution in [-0.2, 0) is 16.6 Å². The van der Waals surface area contributed by atoms with E-state index >= 15 is 0 Å². The number of nitrogens with zero attached hydrogens (tertiary/aromatic N) is 4. The van der Waals surface area contributed by atoms with Crippen LogP contribution in [0.4, 0.5) is 5.82 Å². The van der Waals surface area contributed by atoms with Crippen LogP contribution in [0.15, 0.2) is 83.8 Å². The summed E-state index contributed by atoms with van der Waals surface area (Å²) in [6.45, 7) is 7.51. The molecular weight excluding hydrogens is 522 g/mol. The van der Waals surface area contributed by atoms with Crippen molar-refractivity contribution in [2.24, 2.45) is 0 Å². The molecule has 3 aromatic carbocycles. The summed E-state index contributed by atoms with van der Waals surface area (Å²) in [7, 11) is -3.58. The van der Waals surface area contributed by atoms with Gasteiger partial charge in [-0.2, -0.15) is 4.31 Å². The lowest BCUT2D eigenvalue weighted by atomic mass is 10.2. The molecule has 0 spiro atoms. The molecule has 1 unspecified atom stereocenters. The zero-order chi connectivity index (χ0) is 28.0. The number of benzene rings is 3. The van der Waals surface area contributed by atoms with Crippen molar-refractivity contribution in [3.8, 4) is 5.75 Å². The molecule has 0 saturated carbocycles. The molecule has 0 bridgehead atoms. The average Bonchev–Trinajstić information content (AvgIpc) is 3.00. The normalized spacial score (nSPS) is 15.7. The zero-order valence-electron chi connectivity index (χ0n) is 23.2. The van der Waals surface area contributed by atoms with Gasteiger partial charge in [-0.05, 0) is 55.3 Å². The van der Waals surface area contributed by atoms with Gasteiger partial charge in [0.1, 0.15) is 17.4 Å². The van der Waals surface area contributed by atoms with Crippen LogP contribution < -0.4 is 10.1 Å². The minimum absolute atomic E-state index is 0.0636. The van der Waals surface area contributed by atoms with E-state index in [1.165, 1.54) is 5.56 Å². The first-order valence-electron chi connectivity index (χ1n) is 14.0. The SMILES string of the molecule is CCCCOc1ccc(S(=O)(=O)N2CCN(C(C)c3nc(NCc4ccccc4)c4ccccc4n3)CC2)cc1. The Balaban J connectivity index is 1.26. The third-order valence-corrected chi connectivity index (χ3v) is 9.26. The summed E-state index contributed by atoms with van der Waals surface area (Å²) >= 11 is 0. The van der Waals surface area contributed by atoms with E-state index in [1.54, 1.807) is 28.6 Å². The number of sulfonamides is 1. The van der Waals surface area contributed by atoms with Crippen LogP contribution in [0.1, 0.15) is 44.1 Å². The molecule has 40 heavy (non-hydrogen) atoms. The summed E-state index contributed by atoms with van der Waals surface area (Å²) in [4.78, 5) is 12.4. The molecular formula is C31H37N5O3S. The van der Waals surface area contributed by atoms with E-state index in [9.17, 15) is 8.42 Å². The number of hydrogen-bond donors (Lipinski definition) is 1. The number of piperazine rings is 1. The lowest BCUT2D eigenvalue weighted by Crippen LogP contribution is -2.49. The standard InChI is InChI=1S/C31H37N5O3S/c1-3-4-22-39-26-14-16-27(17-15-26)40(37,38)36-20-18-35(19-21-36)24(2)30-33-29-13-9-8-12-28(29)31(34-30)32-23-25-10-6-5-7-11-25/h5-17,24H,3-4,18-23H2,1-2H3,(H,32,33,34). The van der Waals surface area contributed by atoms with Gasteiger partial charge in [0, 0.05) is 38.1 Å². The van der Waals surface area contributed by atoms with Gasteiger partial charge < -0.3 is 10.1 Å². The molecule has 4 aromatic rings. The van der Waals surface area contributed by atoms with Crippen LogP contribution in [0, 0.1) is 0 Å². The Morgan fingerprint density at radius 1 is 0.900 bits per heavy atom. The Hall–Kier alpha value is -3.53. The van der Waals surface area contributed by atoms with E-state index < -0.39 is 10.0 Å². The maximum atomic E-state index is 13.3. The van der Waals surface area contributed by atoms with Crippen LogP contribution in [0.3, 0.4) is 0 Å². The number of para-hydroxylation sites is 1. The van der Waals surface area contributed by atoms with Crippen LogP contribution in [0.5, 0.6) is 5.75 Å². The predicted molar refractivity (Wildman–Crippen MR) is 159 cm³/mol. The summed E-state index contributed by atoms with van der Waals surface area (Å²) in [5.74, 6) is 2.22. The number of hydrogen-bond acceptors (Lipinski definition) is 7. The van der Waals surface area contributed by atoms with Crippen molar-refractivity contribution in [1.82, 2.24) is 19.2 Å². The molecule has 1 aliphatic rings. The van der Waals surface area contributed by atoms with Gasteiger partial charge in [-0.1, -0.05) is 55.8 Å². The maximum absolute atomic E-state index is 13.3. The van der Waals surface area contributed by atoms with Crippen LogP contribution >= 0.6 is 0 Å². The van der Waals surface area contributed by atoms with Crippen molar-refractivity contribution in [1.29, 1.82) is 0 Å². The highest BCUT2D eigenvalue weighted by Crippen LogP contribution is 2.27. The van der Waals surface area contributed by atoms with E-state index in [0.717, 1.165) is 35.4 Å². The van der Waals surface area contributed by atoms with E-state index in [4.69, 9.17) is 14.7 Å². The lowest BCUT2D eigenvalue weighted by Gasteiger charge is -2.36. The fourth-order valence-corrected chi connectivity index (χ4v) is 6.31. The highest BCUT2D eigenvalue weighted by Gasteiger charge is 2.31. The van der Waals surface area contributed by atoms with Crippen molar-refractivity contribution in [2.75, 3.05) is 38.1 Å². The second-order valence-electron chi connectivity index (χ2n) is 10.1. The van der Waals surface area contributed by atoms with Crippen LogP contribution in [0.25, 0.3) is 10.9 Å². The van der Waals surface area contributed by atoms with Crippen molar-refractivity contribution >= 4 is 26.7 Å². The number of unbranched alkanes of at least 4 members (excludes halogenated alkanes) is 1. The third-order valence-electron chi connectivity index (χ3n) is 7.35. The smallest absolute Gasteiger partial charge is 0.243 e. The molecule has 1 saturated heterocycles. The molecule has 9 heteroatoms. The van der Waals surface area contributed by atoms with Gasteiger partial charge in [-0.3, -0.25) is 4.90 Å². The van der Waals surface area contributed by atoms with E-state index in [-0.39, 0.29) is 6.04 Å². The summed E-state index contributed by atoms with van der Waals surface area (Å²) in [5, 5.41) is 4.48. The van der Waals surface area contributed by atoms with Gasteiger partial charge in [0.2, 0.25) is 10.0 Å². The van der Waals surface area contributed by atoms with Gasteiger partial charge in [-0.15, -0.1) is 0 Å². The highest BCUT2D eigenvalue weighted by atomic mass is 32.2. The first-order chi connectivity index (χ1) is 19.5. The number of anilines is 1. The molecule has 5 rings (SSSR count). The number of ether oxygens (including phenoxy) is 1. The molecule has 1 fully saturated rings. The molecule has 210 valence electrons. The second-order valence-corrected chi connectivity index (χ2v) is 12.0. The topological polar surface area (TPSA) is 87.7 Å². The van der Waals surface area contributed by atoms with Gasteiger partial charge in [0.05, 0.1) is 23.1 Å². The summed E-state index contributed by atoms with van der Waals surface area (Å²) in [5.41, 5.74) is 2.06. The Labute approximate surface area is 237 Å². The fraction of sp³-hybridized carbons (Fsp3) is 0.355. The van der Waals surface area contributed by atoms with E-state index in [2.05, 4.69) is 36.2 Å². The zero-order valence-corrected chi connectivity index (χ0v) is 24.0. The molecule has 0 radical (unpaired) electrons. The Bertz CT molecular complexity index is 1510. The average molecular weight is 560 g/mol. The maximum Gasteiger partial charge on any atom is 0.243 e. The molecule has 1 N–H and O–H groups in total. The van der Waals surface area contributed by atoms with Gasteiger partial charge in [0.25, 0.3) is 0 Å². The number of rotatable bonds is 11. The van der Waals surface area contributed by atoms with Crippen molar-refractivity contribution in [3.05, 3.63) is 90.3 Å². The number of fused-ring (bicyclic) bond motifs is 1. The van der Waals surface area contributed by atoms with Gasteiger partial charge in [0.15, 0.2) is 0 Å². The predicted octanol–water partition coefficient (Wildman–Crippen LogP) is 5.49. The van der Waals surface area contributed by atoms with Crippen molar-refractivity contribution in [3.63, 3.8) is 0 Å². The van der Waals surface area contributed by atoms with Crippen LogP contribution in [-0.4, -0.2) is 60.4 Å². The Morgan fingerprint density at radius 3 is 2.33 bits per heavy atom. The van der Waals surface area contributed by atoms with Crippen molar-refractivity contribution in [2.45, 2.75) is 44.2 Å².